The first kappa shape index (κ1) is 13.7. The zero-order valence-corrected chi connectivity index (χ0v) is 13.2. The maximum absolute atomic E-state index is 12.1. The topological polar surface area (TPSA) is 54.9 Å². The Labute approximate surface area is 126 Å². The second-order valence-corrected chi connectivity index (χ2v) is 7.25. The highest BCUT2D eigenvalue weighted by atomic mass is 32.1. The first-order chi connectivity index (χ1) is 9.63. The van der Waals surface area contributed by atoms with E-state index in [0.29, 0.717) is 5.69 Å². The fourth-order valence-corrected chi connectivity index (χ4v) is 4.11. The Hall–Kier alpha value is -1.27. The quantitative estimate of drug-likeness (QED) is 0.947. The Kier molecular flexibility index (Phi) is 3.85. The molecule has 20 heavy (non-hydrogen) atoms. The van der Waals surface area contributed by atoms with Crippen molar-refractivity contribution in [1.82, 2.24) is 15.3 Å². The summed E-state index contributed by atoms with van der Waals surface area (Å²) < 4.78 is 0. The number of aromatic nitrogens is 2. The van der Waals surface area contributed by atoms with E-state index >= 15 is 0 Å². The average molecular weight is 307 g/mol. The van der Waals surface area contributed by atoms with Gasteiger partial charge in [0.2, 0.25) is 0 Å². The van der Waals surface area contributed by atoms with Crippen molar-refractivity contribution in [3.63, 3.8) is 0 Å². The summed E-state index contributed by atoms with van der Waals surface area (Å²) in [6.07, 6.45) is 4.71. The van der Waals surface area contributed by atoms with Crippen LogP contribution in [0.5, 0.6) is 0 Å². The van der Waals surface area contributed by atoms with Gasteiger partial charge in [-0.25, -0.2) is 9.97 Å². The van der Waals surface area contributed by atoms with Crippen molar-refractivity contribution in [3.05, 3.63) is 31.7 Å². The number of carbonyl (C=O) groups is 1. The van der Waals surface area contributed by atoms with Gasteiger partial charge in [-0.2, -0.15) is 0 Å². The molecule has 0 fully saturated rings. The zero-order chi connectivity index (χ0) is 14.1. The van der Waals surface area contributed by atoms with Crippen LogP contribution in [0.4, 0.5) is 0 Å². The van der Waals surface area contributed by atoms with E-state index in [1.165, 1.54) is 34.7 Å². The van der Waals surface area contributed by atoms with E-state index in [0.717, 1.165) is 22.9 Å². The molecule has 0 saturated carbocycles. The van der Waals surface area contributed by atoms with Crippen LogP contribution >= 0.6 is 22.7 Å². The third-order valence-corrected chi connectivity index (χ3v) is 5.55. The lowest BCUT2D eigenvalue weighted by molar-refractivity contribution is 0.0935. The summed E-state index contributed by atoms with van der Waals surface area (Å²) >= 11 is 3.23. The van der Waals surface area contributed by atoms with E-state index in [2.05, 4.69) is 15.3 Å². The molecule has 1 amide bonds. The molecule has 0 saturated heterocycles. The average Bonchev–Trinajstić information content (AvgIpc) is 3.04. The van der Waals surface area contributed by atoms with Gasteiger partial charge in [0.05, 0.1) is 16.7 Å². The molecule has 2 aromatic heterocycles. The van der Waals surface area contributed by atoms with Crippen LogP contribution in [0.2, 0.25) is 0 Å². The molecular weight excluding hydrogens is 290 g/mol. The first-order valence-electron chi connectivity index (χ1n) is 6.85. The number of rotatable bonds is 3. The van der Waals surface area contributed by atoms with E-state index in [1.807, 2.05) is 13.8 Å². The summed E-state index contributed by atoms with van der Waals surface area (Å²) in [7, 11) is 0. The number of carbonyl (C=O) groups excluding carboxylic acids is 1. The van der Waals surface area contributed by atoms with E-state index in [4.69, 9.17) is 0 Å². The van der Waals surface area contributed by atoms with Crippen molar-refractivity contribution in [2.75, 3.05) is 0 Å². The Balaban J connectivity index is 1.71. The standard InChI is InChI=1S/C14H17N3OS2/c1-8(15-13(18)11-7-19-9(2)16-11)14-17-10-5-3-4-6-12(10)20-14/h7-8H,3-6H2,1-2H3,(H,15,18)/t8-/m0/s1. The van der Waals surface area contributed by atoms with Gasteiger partial charge in [0.15, 0.2) is 0 Å². The third kappa shape index (κ3) is 2.76. The van der Waals surface area contributed by atoms with E-state index < -0.39 is 0 Å². The maximum atomic E-state index is 12.1. The first-order valence-corrected chi connectivity index (χ1v) is 8.54. The number of nitrogens with one attached hydrogen (secondary N) is 1. The second-order valence-electron chi connectivity index (χ2n) is 5.08. The van der Waals surface area contributed by atoms with Gasteiger partial charge in [-0.15, -0.1) is 22.7 Å². The molecule has 2 heterocycles. The highest BCUT2D eigenvalue weighted by Crippen LogP contribution is 2.29. The number of thiazole rings is 2. The fraction of sp³-hybridized carbons (Fsp3) is 0.500. The van der Waals surface area contributed by atoms with Crippen molar-refractivity contribution < 1.29 is 4.79 Å². The number of hydrogen-bond donors (Lipinski definition) is 1. The van der Waals surface area contributed by atoms with E-state index in [-0.39, 0.29) is 11.9 Å². The summed E-state index contributed by atoms with van der Waals surface area (Å²) in [4.78, 5) is 22.4. The van der Waals surface area contributed by atoms with Crippen LogP contribution < -0.4 is 5.32 Å². The minimum atomic E-state index is -0.116. The molecule has 1 aliphatic carbocycles. The predicted octanol–water partition coefficient (Wildman–Crippen LogP) is 3.28. The smallest absolute Gasteiger partial charge is 0.271 e. The van der Waals surface area contributed by atoms with Gasteiger partial charge < -0.3 is 5.32 Å². The Morgan fingerprint density at radius 1 is 1.35 bits per heavy atom. The molecule has 0 aromatic carbocycles. The molecule has 6 heteroatoms. The van der Waals surface area contributed by atoms with Crippen LogP contribution in [0.15, 0.2) is 5.38 Å². The lowest BCUT2D eigenvalue weighted by Crippen LogP contribution is -2.26. The molecule has 0 aliphatic heterocycles. The van der Waals surface area contributed by atoms with Gasteiger partial charge in [-0.1, -0.05) is 0 Å². The number of amides is 1. The van der Waals surface area contributed by atoms with Crippen molar-refractivity contribution in [2.24, 2.45) is 0 Å². The molecular formula is C14H17N3OS2. The number of fused-ring (bicyclic) bond motifs is 1. The summed E-state index contributed by atoms with van der Waals surface area (Å²) in [5.41, 5.74) is 1.74. The third-order valence-electron chi connectivity index (χ3n) is 3.43. The molecule has 1 aliphatic rings. The van der Waals surface area contributed by atoms with Crippen LogP contribution in [0.3, 0.4) is 0 Å². The number of nitrogens with zero attached hydrogens (tertiary/aromatic N) is 2. The zero-order valence-electron chi connectivity index (χ0n) is 11.6. The van der Waals surface area contributed by atoms with Crippen molar-refractivity contribution in [1.29, 1.82) is 0 Å². The van der Waals surface area contributed by atoms with Gasteiger partial charge in [0, 0.05) is 10.3 Å². The molecule has 0 spiro atoms. The maximum Gasteiger partial charge on any atom is 0.271 e. The van der Waals surface area contributed by atoms with Crippen LogP contribution in [-0.2, 0) is 12.8 Å². The van der Waals surface area contributed by atoms with Crippen LogP contribution in [0, 0.1) is 6.92 Å². The lowest BCUT2D eigenvalue weighted by Gasteiger charge is -2.09. The van der Waals surface area contributed by atoms with Gasteiger partial charge >= 0.3 is 0 Å². The lowest BCUT2D eigenvalue weighted by atomic mass is 10.0. The minimum absolute atomic E-state index is 0.0555. The number of aryl methyl sites for hydroxylation is 3. The van der Waals surface area contributed by atoms with Crippen LogP contribution in [-0.4, -0.2) is 15.9 Å². The molecule has 3 rings (SSSR count). The molecule has 4 nitrogen and oxygen atoms in total. The molecule has 0 radical (unpaired) electrons. The predicted molar refractivity (Wildman–Crippen MR) is 81.5 cm³/mol. The van der Waals surface area contributed by atoms with Crippen LogP contribution in [0.1, 0.15) is 56.9 Å². The highest BCUT2D eigenvalue weighted by Gasteiger charge is 2.20. The van der Waals surface area contributed by atoms with E-state index in [1.54, 1.807) is 16.7 Å². The monoisotopic (exact) mass is 307 g/mol. The molecule has 1 atom stereocenters. The molecule has 1 N–H and O–H groups in total. The molecule has 0 bridgehead atoms. The Morgan fingerprint density at radius 3 is 2.85 bits per heavy atom. The van der Waals surface area contributed by atoms with Gasteiger partial charge in [-0.3, -0.25) is 4.79 Å². The second kappa shape index (κ2) is 5.61. The normalized spacial score (nSPS) is 15.7. The van der Waals surface area contributed by atoms with Gasteiger partial charge in [-0.05, 0) is 39.5 Å². The van der Waals surface area contributed by atoms with Crippen molar-refractivity contribution in [3.8, 4) is 0 Å². The summed E-state index contributed by atoms with van der Waals surface area (Å²) in [6.45, 7) is 3.89. The van der Waals surface area contributed by atoms with Crippen molar-refractivity contribution >= 4 is 28.6 Å². The Bertz CT molecular complexity index is 609. The molecule has 0 unspecified atom stereocenters. The Morgan fingerprint density at radius 2 is 2.15 bits per heavy atom. The van der Waals surface area contributed by atoms with Gasteiger partial charge in [0.25, 0.3) is 5.91 Å². The largest absolute Gasteiger partial charge is 0.342 e. The van der Waals surface area contributed by atoms with Gasteiger partial charge in [0.1, 0.15) is 10.7 Å². The van der Waals surface area contributed by atoms with E-state index in [9.17, 15) is 4.79 Å². The summed E-state index contributed by atoms with van der Waals surface area (Å²) in [5, 5.41) is 6.71. The SMILES string of the molecule is Cc1nc(C(=O)N[C@@H](C)c2nc3c(s2)CCCC3)cs1. The van der Waals surface area contributed by atoms with Crippen LogP contribution in [0.25, 0.3) is 0 Å². The summed E-state index contributed by atoms with van der Waals surface area (Å²) in [5.74, 6) is -0.116. The fourth-order valence-electron chi connectivity index (χ4n) is 2.36. The minimum Gasteiger partial charge on any atom is -0.342 e. The van der Waals surface area contributed by atoms with Crippen molar-refractivity contribution in [2.45, 2.75) is 45.6 Å². The molecule has 106 valence electrons. The summed E-state index contributed by atoms with van der Waals surface area (Å²) in [6, 6.07) is -0.0555. The highest BCUT2D eigenvalue weighted by molar-refractivity contribution is 7.11. The molecule has 2 aromatic rings. The number of hydrogen-bond acceptors (Lipinski definition) is 5.